The highest BCUT2D eigenvalue weighted by molar-refractivity contribution is 6.12. The average Bonchev–Trinajstić information content (AvgIpc) is 3.56. The van der Waals surface area contributed by atoms with Crippen LogP contribution in [0.1, 0.15) is 0 Å². The van der Waals surface area contributed by atoms with Gasteiger partial charge in [-0.3, -0.25) is 4.57 Å². The maximum Gasteiger partial charge on any atom is 0.235 e. The molecule has 0 atom stereocenters. The van der Waals surface area contributed by atoms with E-state index in [1.165, 1.54) is 54.6 Å². The van der Waals surface area contributed by atoms with Crippen molar-refractivity contribution >= 4 is 65.0 Å². The van der Waals surface area contributed by atoms with E-state index in [1.54, 1.807) is 0 Å². The van der Waals surface area contributed by atoms with Crippen LogP contribution in [0.3, 0.4) is 0 Å². The summed E-state index contributed by atoms with van der Waals surface area (Å²) in [6.07, 6.45) is 0. The average molecular weight is 674 g/mol. The Kier molecular flexibility index (Phi) is 6.55. The standard InChI is InChI=1S/C50H31N3/c1-2-13-34(14-3-1)48-44-27-25-33-12-5-7-17-42(33)49(44)52-50(51-48)53-46-20-9-8-18-43(46)45-31-38(26-28-47(45)53)36-21-22-37-30-39(24-23-35(37)29-36)41-19-10-15-32-11-4-6-16-40(32)41/h1-31H. The molecule has 0 fully saturated rings. The summed E-state index contributed by atoms with van der Waals surface area (Å²) in [7, 11) is 0. The second-order valence-corrected chi connectivity index (χ2v) is 13.8. The first kappa shape index (κ1) is 29.6. The molecule has 0 aliphatic heterocycles. The van der Waals surface area contributed by atoms with Crippen LogP contribution in [0.5, 0.6) is 0 Å². The second-order valence-electron chi connectivity index (χ2n) is 13.8. The van der Waals surface area contributed by atoms with Crippen LogP contribution in [-0.4, -0.2) is 14.5 Å². The fourth-order valence-electron chi connectivity index (χ4n) is 8.21. The van der Waals surface area contributed by atoms with Gasteiger partial charge in [0.15, 0.2) is 0 Å². The molecule has 53 heavy (non-hydrogen) atoms. The van der Waals surface area contributed by atoms with E-state index in [1.807, 2.05) is 6.07 Å². The molecule has 0 amide bonds. The zero-order valence-corrected chi connectivity index (χ0v) is 28.7. The summed E-state index contributed by atoms with van der Waals surface area (Å²) in [6.45, 7) is 0. The molecule has 0 aliphatic carbocycles. The number of aromatic nitrogens is 3. The number of hydrogen-bond donors (Lipinski definition) is 0. The first-order valence-electron chi connectivity index (χ1n) is 18.1. The van der Waals surface area contributed by atoms with Crippen LogP contribution < -0.4 is 0 Å². The van der Waals surface area contributed by atoms with Crippen molar-refractivity contribution in [1.82, 2.24) is 14.5 Å². The van der Waals surface area contributed by atoms with Gasteiger partial charge in [-0.1, -0.05) is 152 Å². The van der Waals surface area contributed by atoms with Gasteiger partial charge in [-0.05, 0) is 85.6 Å². The van der Waals surface area contributed by atoms with Gasteiger partial charge in [-0.2, -0.15) is 0 Å². The molecular weight excluding hydrogens is 643 g/mol. The fraction of sp³-hybridized carbons (Fsp3) is 0. The first-order valence-corrected chi connectivity index (χ1v) is 18.1. The molecule has 0 N–H and O–H groups in total. The topological polar surface area (TPSA) is 30.7 Å². The Hall–Kier alpha value is -7.10. The van der Waals surface area contributed by atoms with Crippen molar-refractivity contribution in [2.45, 2.75) is 0 Å². The lowest BCUT2D eigenvalue weighted by Gasteiger charge is -2.13. The van der Waals surface area contributed by atoms with Crippen LogP contribution >= 0.6 is 0 Å². The van der Waals surface area contributed by atoms with Crippen LogP contribution in [0.15, 0.2) is 188 Å². The predicted molar refractivity (Wildman–Crippen MR) is 223 cm³/mol. The van der Waals surface area contributed by atoms with Gasteiger partial charge in [0, 0.05) is 27.1 Å². The molecule has 9 aromatic carbocycles. The van der Waals surface area contributed by atoms with E-state index in [9.17, 15) is 0 Å². The van der Waals surface area contributed by atoms with Crippen molar-refractivity contribution in [3.05, 3.63) is 188 Å². The predicted octanol–water partition coefficient (Wildman–Crippen LogP) is 13.2. The van der Waals surface area contributed by atoms with Crippen molar-refractivity contribution in [3.63, 3.8) is 0 Å². The van der Waals surface area contributed by atoms with Crippen molar-refractivity contribution in [1.29, 1.82) is 0 Å². The van der Waals surface area contributed by atoms with Gasteiger partial charge in [0.05, 0.1) is 22.2 Å². The van der Waals surface area contributed by atoms with Crippen molar-refractivity contribution in [2.75, 3.05) is 0 Å². The molecule has 0 saturated heterocycles. The highest BCUT2D eigenvalue weighted by Gasteiger charge is 2.19. The van der Waals surface area contributed by atoms with E-state index < -0.39 is 0 Å². The molecule has 11 rings (SSSR count). The van der Waals surface area contributed by atoms with Gasteiger partial charge in [0.2, 0.25) is 5.95 Å². The summed E-state index contributed by atoms with van der Waals surface area (Å²) >= 11 is 0. The second kappa shape index (κ2) is 11.7. The first-order chi connectivity index (χ1) is 26.3. The summed E-state index contributed by atoms with van der Waals surface area (Å²) in [5.74, 6) is 0.666. The lowest BCUT2D eigenvalue weighted by Crippen LogP contribution is -2.03. The largest absolute Gasteiger partial charge is 0.278 e. The van der Waals surface area contributed by atoms with Crippen LogP contribution in [0.2, 0.25) is 0 Å². The quantitative estimate of drug-likeness (QED) is 0.174. The molecule has 0 saturated carbocycles. The number of fused-ring (bicyclic) bond motifs is 8. The van der Waals surface area contributed by atoms with E-state index >= 15 is 0 Å². The number of benzene rings is 9. The minimum Gasteiger partial charge on any atom is -0.278 e. The Morgan fingerprint density at radius 2 is 0.925 bits per heavy atom. The molecule has 0 radical (unpaired) electrons. The monoisotopic (exact) mass is 673 g/mol. The molecule has 0 aliphatic rings. The third-order valence-corrected chi connectivity index (χ3v) is 10.8. The Bertz CT molecular complexity index is 3220. The van der Waals surface area contributed by atoms with Crippen LogP contribution in [-0.2, 0) is 0 Å². The SMILES string of the molecule is c1ccc(-c2nc(-n3c4ccccc4c4cc(-c5ccc6cc(-c7cccc8ccccc78)ccc6c5)ccc43)nc3c2ccc2ccccc23)cc1. The van der Waals surface area contributed by atoms with Crippen molar-refractivity contribution in [2.24, 2.45) is 0 Å². The molecule has 0 bridgehead atoms. The Morgan fingerprint density at radius 1 is 0.321 bits per heavy atom. The van der Waals surface area contributed by atoms with Crippen molar-refractivity contribution in [3.8, 4) is 39.5 Å². The smallest absolute Gasteiger partial charge is 0.235 e. The minimum atomic E-state index is 0.666. The van der Waals surface area contributed by atoms with E-state index in [0.29, 0.717) is 5.95 Å². The van der Waals surface area contributed by atoms with Gasteiger partial charge in [-0.25, -0.2) is 9.97 Å². The number of nitrogens with zero attached hydrogens (tertiary/aromatic N) is 3. The van der Waals surface area contributed by atoms with Gasteiger partial charge in [0.1, 0.15) is 0 Å². The molecule has 3 nitrogen and oxygen atoms in total. The number of rotatable bonds is 4. The summed E-state index contributed by atoms with van der Waals surface area (Å²) in [6, 6.07) is 67.5. The van der Waals surface area contributed by atoms with E-state index in [-0.39, 0.29) is 0 Å². The number of para-hydroxylation sites is 1. The molecule has 246 valence electrons. The lowest BCUT2D eigenvalue weighted by atomic mass is 9.94. The van der Waals surface area contributed by atoms with Crippen LogP contribution in [0, 0.1) is 0 Å². The normalized spacial score (nSPS) is 11.8. The van der Waals surface area contributed by atoms with Crippen molar-refractivity contribution < 1.29 is 0 Å². The van der Waals surface area contributed by atoms with Gasteiger partial charge >= 0.3 is 0 Å². The number of hydrogen-bond acceptors (Lipinski definition) is 2. The van der Waals surface area contributed by atoms with E-state index in [0.717, 1.165) is 44.0 Å². The maximum atomic E-state index is 5.34. The third kappa shape index (κ3) is 4.75. The Labute approximate surface area is 306 Å². The Balaban J connectivity index is 1.07. The van der Waals surface area contributed by atoms with E-state index in [2.05, 4.69) is 187 Å². The summed E-state index contributed by atoms with van der Waals surface area (Å²) in [4.78, 5) is 10.7. The summed E-state index contributed by atoms with van der Waals surface area (Å²) < 4.78 is 2.23. The van der Waals surface area contributed by atoms with Crippen LogP contribution in [0.4, 0.5) is 0 Å². The molecule has 11 aromatic rings. The fourth-order valence-corrected chi connectivity index (χ4v) is 8.21. The van der Waals surface area contributed by atoms with Gasteiger partial charge in [0.25, 0.3) is 0 Å². The zero-order chi connectivity index (χ0) is 34.9. The molecule has 0 unspecified atom stereocenters. The highest BCUT2D eigenvalue weighted by Crippen LogP contribution is 2.38. The van der Waals surface area contributed by atoms with Crippen LogP contribution in [0.25, 0.3) is 104 Å². The highest BCUT2D eigenvalue weighted by atomic mass is 15.2. The zero-order valence-electron chi connectivity index (χ0n) is 28.7. The molecular formula is C50H31N3. The lowest BCUT2D eigenvalue weighted by molar-refractivity contribution is 1.02. The van der Waals surface area contributed by atoms with Gasteiger partial charge < -0.3 is 0 Å². The maximum absolute atomic E-state index is 5.34. The van der Waals surface area contributed by atoms with Gasteiger partial charge in [-0.15, -0.1) is 0 Å². The molecule has 2 aromatic heterocycles. The molecule has 3 heteroatoms. The summed E-state index contributed by atoms with van der Waals surface area (Å²) in [5, 5.41) is 10.7. The third-order valence-electron chi connectivity index (χ3n) is 10.8. The molecule has 2 heterocycles. The Morgan fingerprint density at radius 3 is 1.77 bits per heavy atom. The summed E-state index contributed by atoms with van der Waals surface area (Å²) in [5.41, 5.74) is 9.97. The minimum absolute atomic E-state index is 0.666. The van der Waals surface area contributed by atoms with E-state index in [4.69, 9.17) is 9.97 Å². The molecule has 0 spiro atoms.